The Morgan fingerprint density at radius 2 is 2.14 bits per heavy atom. The van der Waals surface area contributed by atoms with Crippen LogP contribution in [0.2, 0.25) is 0 Å². The molecule has 3 N–H and O–H groups in total. The second-order valence-corrected chi connectivity index (χ2v) is 4.26. The molecule has 0 spiro atoms. The summed E-state index contributed by atoms with van der Waals surface area (Å²) in [6, 6.07) is 7.86. The molecule has 0 amide bonds. The molecule has 3 rings (SSSR count). The second-order valence-electron chi connectivity index (χ2n) is 4.26. The molecule has 0 bridgehead atoms. The number of rotatable bonds is 4. The Kier molecular flexibility index (Phi) is 4.56. The molecule has 3 aromatic rings. The molecule has 7 nitrogen and oxygen atoms in total. The predicted molar refractivity (Wildman–Crippen MR) is 82.5 cm³/mol. The van der Waals surface area contributed by atoms with Gasteiger partial charge in [-0.2, -0.15) is 5.10 Å². The summed E-state index contributed by atoms with van der Waals surface area (Å²) < 4.78 is 7.33. The zero-order valence-corrected chi connectivity index (χ0v) is 12.2. The van der Waals surface area contributed by atoms with E-state index in [1.807, 2.05) is 28.8 Å². The average Bonchev–Trinajstić information content (AvgIpc) is 2.91. The lowest BCUT2D eigenvalue weighted by molar-refractivity contribution is 0.408. The van der Waals surface area contributed by atoms with E-state index in [2.05, 4.69) is 20.6 Å². The molecule has 21 heavy (non-hydrogen) atoms. The summed E-state index contributed by atoms with van der Waals surface area (Å²) in [6.07, 6.45) is 3.40. The van der Waals surface area contributed by atoms with E-state index >= 15 is 0 Å². The molecule has 0 aliphatic carbocycles. The molecule has 0 aliphatic rings. The van der Waals surface area contributed by atoms with Crippen LogP contribution >= 0.6 is 12.4 Å². The third-order valence-electron chi connectivity index (χ3n) is 3.11. The lowest BCUT2D eigenvalue weighted by Crippen LogP contribution is -2.10. The Morgan fingerprint density at radius 1 is 1.33 bits per heavy atom. The first-order valence-corrected chi connectivity index (χ1v) is 6.08. The normalized spacial score (nSPS) is 10.2. The van der Waals surface area contributed by atoms with Crippen LogP contribution in [0.3, 0.4) is 0 Å². The highest BCUT2D eigenvalue weighted by Gasteiger charge is 2.10. The van der Waals surface area contributed by atoms with Gasteiger partial charge in [0.15, 0.2) is 5.82 Å². The molecule has 0 saturated carbocycles. The smallest absolute Gasteiger partial charge is 0.190 e. The van der Waals surface area contributed by atoms with Crippen LogP contribution in [0, 0.1) is 0 Å². The molecule has 2 heterocycles. The number of aromatic nitrogens is 4. The topological polar surface area (TPSA) is 90.9 Å². The second kappa shape index (κ2) is 6.38. The molecule has 8 heteroatoms. The highest BCUT2D eigenvalue weighted by molar-refractivity contribution is 5.85. The van der Waals surface area contributed by atoms with Gasteiger partial charge in [-0.05, 0) is 6.07 Å². The fourth-order valence-corrected chi connectivity index (χ4v) is 2.14. The van der Waals surface area contributed by atoms with E-state index in [4.69, 9.17) is 10.6 Å². The lowest BCUT2D eigenvalue weighted by Gasteiger charge is -2.09. The van der Waals surface area contributed by atoms with Crippen LogP contribution in [0.4, 0.5) is 5.82 Å². The van der Waals surface area contributed by atoms with Gasteiger partial charge in [0, 0.05) is 5.56 Å². The van der Waals surface area contributed by atoms with Crippen LogP contribution in [0.15, 0.2) is 36.8 Å². The number of fused-ring (bicyclic) bond motifs is 1. The molecular weight excluding hydrogens is 292 g/mol. The van der Waals surface area contributed by atoms with Gasteiger partial charge in [0.05, 0.1) is 31.7 Å². The highest BCUT2D eigenvalue weighted by atomic mass is 35.5. The molecule has 0 atom stereocenters. The number of nitrogens with one attached hydrogen (secondary N) is 1. The largest absolute Gasteiger partial charge is 0.496 e. The molecule has 1 aromatic carbocycles. The maximum absolute atomic E-state index is 5.40. The SMILES string of the molecule is COc1ccccc1Cn1cnc2c(NN)nncc21.Cl. The van der Waals surface area contributed by atoms with E-state index in [0.29, 0.717) is 17.9 Å². The van der Waals surface area contributed by atoms with Gasteiger partial charge in [-0.3, -0.25) is 0 Å². The number of nitrogen functional groups attached to an aromatic ring is 1. The van der Waals surface area contributed by atoms with Gasteiger partial charge in [0.2, 0.25) is 0 Å². The van der Waals surface area contributed by atoms with Crippen molar-refractivity contribution >= 4 is 29.3 Å². The van der Waals surface area contributed by atoms with Crippen molar-refractivity contribution in [3.63, 3.8) is 0 Å². The van der Waals surface area contributed by atoms with Crippen molar-refractivity contribution in [2.45, 2.75) is 6.54 Å². The first-order valence-electron chi connectivity index (χ1n) is 6.08. The maximum atomic E-state index is 5.40. The van der Waals surface area contributed by atoms with E-state index in [0.717, 1.165) is 16.8 Å². The van der Waals surface area contributed by atoms with Gasteiger partial charge in [0.1, 0.15) is 11.3 Å². The van der Waals surface area contributed by atoms with Crippen molar-refractivity contribution < 1.29 is 4.74 Å². The van der Waals surface area contributed by atoms with Crippen molar-refractivity contribution in [2.75, 3.05) is 12.5 Å². The van der Waals surface area contributed by atoms with Crippen LogP contribution in [0.25, 0.3) is 11.0 Å². The van der Waals surface area contributed by atoms with Gasteiger partial charge in [-0.25, -0.2) is 10.8 Å². The van der Waals surface area contributed by atoms with Gasteiger partial charge in [0.25, 0.3) is 0 Å². The van der Waals surface area contributed by atoms with Gasteiger partial charge >= 0.3 is 0 Å². The number of ether oxygens (including phenoxy) is 1. The minimum Gasteiger partial charge on any atom is -0.496 e. The number of benzene rings is 1. The number of para-hydroxylation sites is 1. The van der Waals surface area contributed by atoms with Gasteiger partial charge in [-0.1, -0.05) is 18.2 Å². The lowest BCUT2D eigenvalue weighted by atomic mass is 10.2. The van der Waals surface area contributed by atoms with Crippen molar-refractivity contribution in [1.82, 2.24) is 19.7 Å². The van der Waals surface area contributed by atoms with Crippen LogP contribution < -0.4 is 16.0 Å². The molecule has 0 aliphatic heterocycles. The highest BCUT2D eigenvalue weighted by Crippen LogP contribution is 2.22. The standard InChI is InChI=1S/C13H14N6O.ClH/c1-20-11-5-3-2-4-9(11)7-19-8-15-12-10(19)6-16-18-13(12)17-14;/h2-6,8H,7,14H2,1H3,(H,17,18);1H. The van der Waals surface area contributed by atoms with Crippen molar-refractivity contribution in [1.29, 1.82) is 0 Å². The van der Waals surface area contributed by atoms with E-state index in [1.54, 1.807) is 19.6 Å². The van der Waals surface area contributed by atoms with Gasteiger partial charge < -0.3 is 14.7 Å². The van der Waals surface area contributed by atoms with Gasteiger partial charge in [-0.15, -0.1) is 17.5 Å². The van der Waals surface area contributed by atoms with Crippen molar-refractivity contribution in [3.05, 3.63) is 42.4 Å². The Labute approximate surface area is 127 Å². The maximum Gasteiger partial charge on any atom is 0.190 e. The Bertz CT molecular complexity index is 744. The number of nitrogens with zero attached hydrogens (tertiary/aromatic N) is 4. The Hall–Kier alpha value is -2.38. The molecular formula is C13H15ClN6O. The van der Waals surface area contributed by atoms with E-state index in [1.165, 1.54) is 0 Å². The fraction of sp³-hybridized carbons (Fsp3) is 0.154. The summed E-state index contributed by atoms with van der Waals surface area (Å²) in [5.74, 6) is 6.70. The number of methoxy groups -OCH3 is 1. The summed E-state index contributed by atoms with van der Waals surface area (Å²) in [5, 5.41) is 7.81. The first-order chi connectivity index (χ1) is 9.83. The number of nitrogens with two attached hydrogens (primary N) is 1. The monoisotopic (exact) mass is 306 g/mol. The first kappa shape index (κ1) is 15.0. The van der Waals surface area contributed by atoms with E-state index in [-0.39, 0.29) is 12.4 Å². The summed E-state index contributed by atoms with van der Waals surface area (Å²) >= 11 is 0. The number of imidazole rings is 1. The molecule has 0 radical (unpaired) electrons. The number of hydrogen-bond acceptors (Lipinski definition) is 6. The van der Waals surface area contributed by atoms with Crippen LogP contribution in [0.1, 0.15) is 5.56 Å². The molecule has 0 fully saturated rings. The molecule has 0 unspecified atom stereocenters. The summed E-state index contributed by atoms with van der Waals surface area (Å²) in [6.45, 7) is 0.635. The average molecular weight is 307 g/mol. The van der Waals surface area contributed by atoms with Crippen molar-refractivity contribution in [2.24, 2.45) is 5.84 Å². The van der Waals surface area contributed by atoms with Crippen LogP contribution in [-0.2, 0) is 6.54 Å². The number of anilines is 1. The van der Waals surface area contributed by atoms with E-state index in [9.17, 15) is 0 Å². The van der Waals surface area contributed by atoms with Crippen LogP contribution in [-0.4, -0.2) is 26.9 Å². The zero-order chi connectivity index (χ0) is 13.9. The fourth-order valence-electron chi connectivity index (χ4n) is 2.14. The number of halogens is 1. The quantitative estimate of drug-likeness (QED) is 0.562. The zero-order valence-electron chi connectivity index (χ0n) is 11.4. The third-order valence-corrected chi connectivity index (χ3v) is 3.11. The third kappa shape index (κ3) is 2.74. The predicted octanol–water partition coefficient (Wildman–Crippen LogP) is 1.59. The van der Waals surface area contributed by atoms with Crippen LogP contribution in [0.5, 0.6) is 5.75 Å². The number of hydrogen-bond donors (Lipinski definition) is 2. The molecule has 2 aromatic heterocycles. The summed E-state index contributed by atoms with van der Waals surface area (Å²) in [4.78, 5) is 4.32. The van der Waals surface area contributed by atoms with Crippen molar-refractivity contribution in [3.8, 4) is 5.75 Å². The van der Waals surface area contributed by atoms with E-state index < -0.39 is 0 Å². The summed E-state index contributed by atoms with van der Waals surface area (Å²) in [7, 11) is 1.66. The summed E-state index contributed by atoms with van der Waals surface area (Å²) in [5.41, 5.74) is 5.11. The molecule has 0 saturated heterocycles. The Morgan fingerprint density at radius 3 is 2.90 bits per heavy atom. The minimum atomic E-state index is 0. The molecule has 110 valence electrons. The minimum absolute atomic E-state index is 0. The number of hydrazine groups is 1. The Balaban J connectivity index is 0.00000161.